The molecule has 0 unspecified atom stereocenters. The molecule has 0 aliphatic heterocycles. The second kappa shape index (κ2) is 4.44. The van der Waals surface area contributed by atoms with Crippen molar-refractivity contribution < 1.29 is 0 Å². The molecule has 3 rings (SSSR count). The van der Waals surface area contributed by atoms with Crippen LogP contribution in [-0.4, -0.2) is 24.1 Å². The summed E-state index contributed by atoms with van der Waals surface area (Å²) in [7, 11) is 1.97. The van der Waals surface area contributed by atoms with E-state index in [1.807, 2.05) is 36.1 Å². The molecule has 3 aromatic heterocycles. The zero-order chi connectivity index (χ0) is 12.4. The lowest BCUT2D eigenvalue weighted by molar-refractivity contribution is 0.785. The average molecular weight is 239 g/mol. The van der Waals surface area contributed by atoms with Crippen molar-refractivity contribution >= 4 is 0 Å². The first-order valence-corrected chi connectivity index (χ1v) is 5.72. The van der Waals surface area contributed by atoms with Crippen molar-refractivity contribution in [2.45, 2.75) is 6.54 Å². The minimum Gasteiger partial charge on any atom is -0.331 e. The Morgan fingerprint density at radius 2 is 1.67 bits per heavy atom. The first-order valence-electron chi connectivity index (χ1n) is 5.72. The standard InChI is InChI=1S/C13H13N5/c1-17-8-6-15-12(17)13-16-7-9-18(13)10-11-2-4-14-5-3-11/h2-9H,10H2,1H3. The van der Waals surface area contributed by atoms with Crippen LogP contribution in [0.1, 0.15) is 5.56 Å². The Morgan fingerprint density at radius 3 is 2.39 bits per heavy atom. The molecule has 0 aliphatic carbocycles. The minimum atomic E-state index is 0.769. The molecule has 0 fully saturated rings. The van der Waals surface area contributed by atoms with Gasteiger partial charge in [0.1, 0.15) is 0 Å². The SMILES string of the molecule is Cn1ccnc1-c1nccn1Cc1ccncc1. The lowest BCUT2D eigenvalue weighted by Gasteiger charge is -2.07. The Hall–Kier alpha value is -2.43. The maximum absolute atomic E-state index is 4.38. The van der Waals surface area contributed by atoms with Crippen LogP contribution in [0.25, 0.3) is 11.6 Å². The van der Waals surface area contributed by atoms with Gasteiger partial charge in [0.25, 0.3) is 0 Å². The van der Waals surface area contributed by atoms with Gasteiger partial charge >= 0.3 is 0 Å². The van der Waals surface area contributed by atoms with E-state index in [2.05, 4.69) is 19.5 Å². The predicted octanol–water partition coefficient (Wildman–Crippen LogP) is 1.73. The van der Waals surface area contributed by atoms with Crippen LogP contribution in [0.5, 0.6) is 0 Å². The van der Waals surface area contributed by atoms with Crippen molar-refractivity contribution in [1.29, 1.82) is 0 Å². The summed E-state index contributed by atoms with van der Waals surface area (Å²) in [6.07, 6.45) is 11.1. The summed E-state index contributed by atoms with van der Waals surface area (Å²) in [6, 6.07) is 4.00. The molecule has 0 spiro atoms. The Kier molecular flexibility index (Phi) is 2.64. The lowest BCUT2D eigenvalue weighted by Crippen LogP contribution is -2.04. The fourth-order valence-electron chi connectivity index (χ4n) is 1.91. The zero-order valence-electron chi connectivity index (χ0n) is 10.1. The van der Waals surface area contributed by atoms with E-state index in [9.17, 15) is 0 Å². The van der Waals surface area contributed by atoms with Gasteiger partial charge in [0.15, 0.2) is 11.6 Å². The fraction of sp³-hybridized carbons (Fsp3) is 0.154. The van der Waals surface area contributed by atoms with Gasteiger partial charge in [-0.05, 0) is 17.7 Å². The molecule has 90 valence electrons. The van der Waals surface area contributed by atoms with Crippen LogP contribution in [0.2, 0.25) is 0 Å². The third-order valence-electron chi connectivity index (χ3n) is 2.84. The molecule has 0 N–H and O–H groups in total. The van der Waals surface area contributed by atoms with Gasteiger partial charge < -0.3 is 9.13 Å². The highest BCUT2D eigenvalue weighted by atomic mass is 15.1. The van der Waals surface area contributed by atoms with E-state index >= 15 is 0 Å². The van der Waals surface area contributed by atoms with E-state index in [0.717, 1.165) is 18.2 Å². The third-order valence-corrected chi connectivity index (χ3v) is 2.84. The normalized spacial score (nSPS) is 10.7. The van der Waals surface area contributed by atoms with Crippen LogP contribution in [-0.2, 0) is 13.6 Å². The number of aromatic nitrogens is 5. The Labute approximate surface area is 105 Å². The van der Waals surface area contributed by atoms with Crippen molar-refractivity contribution in [2.75, 3.05) is 0 Å². The summed E-state index contributed by atoms with van der Waals surface area (Å²) in [5, 5.41) is 0. The van der Waals surface area contributed by atoms with Gasteiger partial charge in [-0.1, -0.05) is 0 Å². The van der Waals surface area contributed by atoms with Crippen LogP contribution >= 0.6 is 0 Å². The van der Waals surface area contributed by atoms with E-state index in [-0.39, 0.29) is 0 Å². The lowest BCUT2D eigenvalue weighted by atomic mass is 10.2. The molecule has 0 saturated heterocycles. The van der Waals surface area contributed by atoms with Gasteiger partial charge in [-0.2, -0.15) is 0 Å². The van der Waals surface area contributed by atoms with Crippen LogP contribution in [0.15, 0.2) is 49.3 Å². The maximum atomic E-state index is 4.38. The summed E-state index contributed by atoms with van der Waals surface area (Å²) >= 11 is 0. The predicted molar refractivity (Wildman–Crippen MR) is 67.8 cm³/mol. The summed E-state index contributed by atoms with van der Waals surface area (Å²) < 4.78 is 4.04. The first kappa shape index (κ1) is 10.7. The highest BCUT2D eigenvalue weighted by Gasteiger charge is 2.10. The number of hydrogen-bond donors (Lipinski definition) is 0. The molecule has 0 atom stereocenters. The van der Waals surface area contributed by atoms with Crippen molar-refractivity contribution in [1.82, 2.24) is 24.1 Å². The van der Waals surface area contributed by atoms with Crippen molar-refractivity contribution in [3.8, 4) is 11.6 Å². The molecule has 0 amide bonds. The van der Waals surface area contributed by atoms with Crippen molar-refractivity contribution in [3.63, 3.8) is 0 Å². The number of imidazole rings is 2. The summed E-state index contributed by atoms with van der Waals surface area (Å²) in [5.41, 5.74) is 1.19. The van der Waals surface area contributed by atoms with Crippen LogP contribution in [0, 0.1) is 0 Å². The zero-order valence-corrected chi connectivity index (χ0v) is 10.1. The number of rotatable bonds is 3. The number of hydrogen-bond acceptors (Lipinski definition) is 3. The summed E-state index contributed by atoms with van der Waals surface area (Å²) in [6.45, 7) is 0.769. The summed E-state index contributed by atoms with van der Waals surface area (Å²) in [5.74, 6) is 1.74. The molecular formula is C13H13N5. The molecule has 0 aromatic carbocycles. The molecule has 0 saturated carbocycles. The van der Waals surface area contributed by atoms with Gasteiger partial charge in [0.05, 0.1) is 0 Å². The second-order valence-corrected chi connectivity index (χ2v) is 4.10. The fourth-order valence-corrected chi connectivity index (χ4v) is 1.91. The van der Waals surface area contributed by atoms with Crippen molar-refractivity contribution in [3.05, 3.63) is 54.9 Å². The Morgan fingerprint density at radius 1 is 0.944 bits per heavy atom. The van der Waals surface area contributed by atoms with Crippen LogP contribution in [0.3, 0.4) is 0 Å². The van der Waals surface area contributed by atoms with E-state index in [1.165, 1.54) is 5.56 Å². The van der Waals surface area contributed by atoms with Gasteiger partial charge in [0, 0.05) is 50.8 Å². The Balaban J connectivity index is 1.96. The molecule has 0 aliphatic rings. The molecule has 5 nitrogen and oxygen atoms in total. The molecule has 5 heteroatoms. The van der Waals surface area contributed by atoms with Gasteiger partial charge in [-0.15, -0.1) is 0 Å². The maximum Gasteiger partial charge on any atom is 0.176 e. The smallest absolute Gasteiger partial charge is 0.176 e. The number of nitrogens with zero attached hydrogens (tertiary/aromatic N) is 5. The minimum absolute atomic E-state index is 0.769. The molecule has 3 aromatic rings. The van der Waals surface area contributed by atoms with Gasteiger partial charge in [0.2, 0.25) is 0 Å². The highest BCUT2D eigenvalue weighted by molar-refractivity contribution is 5.44. The van der Waals surface area contributed by atoms with Crippen LogP contribution < -0.4 is 0 Å². The molecule has 0 bridgehead atoms. The molecule has 0 radical (unpaired) electrons. The number of aryl methyl sites for hydroxylation is 1. The quantitative estimate of drug-likeness (QED) is 0.699. The average Bonchev–Trinajstić information content (AvgIpc) is 2.99. The molecular weight excluding hydrogens is 226 g/mol. The largest absolute Gasteiger partial charge is 0.331 e. The second-order valence-electron chi connectivity index (χ2n) is 4.10. The van der Waals surface area contributed by atoms with Gasteiger partial charge in [-0.25, -0.2) is 9.97 Å². The Bertz CT molecular complexity index is 638. The molecule has 18 heavy (non-hydrogen) atoms. The monoisotopic (exact) mass is 239 g/mol. The van der Waals surface area contributed by atoms with E-state index in [4.69, 9.17) is 0 Å². The van der Waals surface area contributed by atoms with Crippen LogP contribution in [0.4, 0.5) is 0 Å². The first-order chi connectivity index (χ1) is 8.84. The summed E-state index contributed by atoms with van der Waals surface area (Å²) in [4.78, 5) is 12.7. The highest BCUT2D eigenvalue weighted by Crippen LogP contribution is 2.15. The van der Waals surface area contributed by atoms with E-state index < -0.39 is 0 Å². The number of pyridine rings is 1. The topological polar surface area (TPSA) is 48.5 Å². The van der Waals surface area contributed by atoms with E-state index in [1.54, 1.807) is 24.8 Å². The van der Waals surface area contributed by atoms with Gasteiger partial charge in [-0.3, -0.25) is 4.98 Å². The van der Waals surface area contributed by atoms with Crippen molar-refractivity contribution in [2.24, 2.45) is 7.05 Å². The third kappa shape index (κ3) is 1.90. The molecule has 3 heterocycles. The van der Waals surface area contributed by atoms with E-state index in [0.29, 0.717) is 0 Å².